The Morgan fingerprint density at radius 1 is 1.00 bits per heavy atom. The summed E-state index contributed by atoms with van der Waals surface area (Å²) in [6, 6.07) is 8.22. The van der Waals surface area contributed by atoms with Gasteiger partial charge >= 0.3 is 12.4 Å². The van der Waals surface area contributed by atoms with E-state index in [2.05, 4.69) is 10.1 Å². The third-order valence-corrected chi connectivity index (χ3v) is 5.16. The Kier molecular flexibility index (Phi) is 5.84. The molecule has 3 heterocycles. The number of nitrogens with one attached hydrogen (secondary N) is 1. The Morgan fingerprint density at radius 3 is 2.26 bits per heavy atom. The largest absolute Gasteiger partial charge is 0.481 e. The Morgan fingerprint density at radius 2 is 1.68 bits per heavy atom. The summed E-state index contributed by atoms with van der Waals surface area (Å²) in [5, 5.41) is 11.9. The van der Waals surface area contributed by atoms with E-state index in [0.29, 0.717) is 5.56 Å². The molecule has 7 nitrogen and oxygen atoms in total. The molecule has 4 aromatic rings. The summed E-state index contributed by atoms with van der Waals surface area (Å²) in [7, 11) is 1.21. The maximum atomic E-state index is 13.1. The van der Waals surface area contributed by atoms with Crippen molar-refractivity contribution in [2.45, 2.75) is 25.4 Å². The van der Waals surface area contributed by atoms with Gasteiger partial charge in [-0.3, -0.25) is 9.98 Å². The molecule has 0 radical (unpaired) electrons. The van der Waals surface area contributed by atoms with Gasteiger partial charge < -0.3 is 9.30 Å². The molecule has 4 rings (SSSR count). The van der Waals surface area contributed by atoms with E-state index in [1.807, 2.05) is 0 Å². The van der Waals surface area contributed by atoms with Gasteiger partial charge in [-0.15, -0.1) is 0 Å². The zero-order valence-corrected chi connectivity index (χ0v) is 18.0. The molecule has 0 spiro atoms. The lowest BCUT2D eigenvalue weighted by Gasteiger charge is -2.09. The lowest BCUT2D eigenvalue weighted by molar-refractivity contribution is -0.141. The number of methoxy groups -OCH3 is 1. The first-order valence-corrected chi connectivity index (χ1v) is 9.91. The molecule has 0 aliphatic rings. The smallest absolute Gasteiger partial charge is 0.435 e. The fraction of sp³-hybridized carbons (Fsp3) is 0.250. The van der Waals surface area contributed by atoms with E-state index in [1.165, 1.54) is 36.1 Å². The number of ether oxygens (including phenoxy) is 1. The van der Waals surface area contributed by atoms with E-state index < -0.39 is 30.2 Å². The molecule has 1 aromatic carbocycles. The van der Waals surface area contributed by atoms with Crippen molar-refractivity contribution in [3.8, 4) is 11.6 Å². The summed E-state index contributed by atoms with van der Waals surface area (Å²) in [5.41, 5.74) is -0.316. The summed E-state index contributed by atoms with van der Waals surface area (Å²) in [4.78, 5) is 3.82. The van der Waals surface area contributed by atoms with E-state index >= 15 is 0 Å². The SMILES string of the molecule is COc1cc(C(F)(F)F)nn1-c1ccc(Cn2c(=N)n(CC(F)(F)F)c3cnc(Cl)cc32)cc1. The molecular formula is C20H15ClF6N6O. The molecule has 1 N–H and O–H groups in total. The molecular weight excluding hydrogens is 490 g/mol. The fourth-order valence-corrected chi connectivity index (χ4v) is 3.62. The van der Waals surface area contributed by atoms with E-state index in [1.54, 1.807) is 12.1 Å². The number of hydrogen-bond acceptors (Lipinski definition) is 4. The highest BCUT2D eigenvalue weighted by atomic mass is 35.5. The second-order valence-corrected chi connectivity index (χ2v) is 7.64. The minimum absolute atomic E-state index is 0.00482. The molecule has 180 valence electrons. The normalized spacial score (nSPS) is 12.5. The number of fused-ring (bicyclic) bond motifs is 1. The topological polar surface area (TPSA) is 73.7 Å². The van der Waals surface area contributed by atoms with Crippen LogP contribution in [0.1, 0.15) is 11.3 Å². The van der Waals surface area contributed by atoms with Crippen molar-refractivity contribution in [3.63, 3.8) is 0 Å². The predicted molar refractivity (Wildman–Crippen MR) is 109 cm³/mol. The van der Waals surface area contributed by atoms with E-state index in [-0.39, 0.29) is 34.3 Å². The van der Waals surface area contributed by atoms with Crippen molar-refractivity contribution < 1.29 is 31.1 Å². The lowest BCUT2D eigenvalue weighted by Crippen LogP contribution is -2.30. The van der Waals surface area contributed by atoms with Crippen molar-refractivity contribution in [2.75, 3.05) is 7.11 Å². The Labute approximate surface area is 192 Å². The number of alkyl halides is 6. The first-order valence-electron chi connectivity index (χ1n) is 9.54. The van der Waals surface area contributed by atoms with Crippen molar-refractivity contribution in [2.24, 2.45) is 0 Å². The van der Waals surface area contributed by atoms with Gasteiger partial charge in [-0.2, -0.15) is 31.4 Å². The average Bonchev–Trinajstić information content (AvgIpc) is 3.29. The number of imidazole rings is 1. The molecule has 0 fully saturated rings. The van der Waals surface area contributed by atoms with Crippen LogP contribution in [0.4, 0.5) is 26.3 Å². The fourth-order valence-electron chi connectivity index (χ4n) is 3.47. The number of nitrogens with zero attached hydrogens (tertiary/aromatic N) is 5. The van der Waals surface area contributed by atoms with Gasteiger partial charge in [-0.05, 0) is 17.7 Å². The minimum atomic E-state index is -4.65. The number of aromatic nitrogens is 5. The van der Waals surface area contributed by atoms with Gasteiger partial charge in [0.25, 0.3) is 0 Å². The minimum Gasteiger partial charge on any atom is -0.481 e. The van der Waals surface area contributed by atoms with Gasteiger partial charge in [0.1, 0.15) is 11.7 Å². The van der Waals surface area contributed by atoms with E-state index in [4.69, 9.17) is 21.7 Å². The zero-order valence-electron chi connectivity index (χ0n) is 17.2. The van der Waals surface area contributed by atoms with Crippen molar-refractivity contribution in [1.29, 1.82) is 5.41 Å². The molecule has 0 bridgehead atoms. The maximum Gasteiger partial charge on any atom is 0.435 e. The van der Waals surface area contributed by atoms with Crippen LogP contribution < -0.4 is 10.4 Å². The predicted octanol–water partition coefficient (Wildman–Crippen LogP) is 4.79. The quantitative estimate of drug-likeness (QED) is 0.314. The van der Waals surface area contributed by atoms with Crippen LogP contribution in [0.2, 0.25) is 5.15 Å². The molecule has 0 aliphatic carbocycles. The molecule has 0 unspecified atom stereocenters. The first-order chi connectivity index (χ1) is 15.9. The second-order valence-electron chi connectivity index (χ2n) is 7.25. The Bertz CT molecular complexity index is 1400. The van der Waals surface area contributed by atoms with Gasteiger partial charge in [-0.25, -0.2) is 9.67 Å². The molecule has 3 aromatic heterocycles. The highest BCUT2D eigenvalue weighted by Crippen LogP contribution is 2.32. The monoisotopic (exact) mass is 504 g/mol. The third kappa shape index (κ3) is 4.60. The summed E-state index contributed by atoms with van der Waals surface area (Å²) in [6.07, 6.45) is -8.04. The van der Waals surface area contributed by atoms with Crippen LogP contribution in [-0.4, -0.2) is 37.2 Å². The molecule has 0 saturated carbocycles. The number of hydrogen-bond donors (Lipinski definition) is 1. The van der Waals surface area contributed by atoms with Crippen LogP contribution in [-0.2, 0) is 19.3 Å². The standard InChI is InChI=1S/C20H15ClF6N6O/c1-34-17-7-15(20(25,26)27)30-33(17)12-4-2-11(3-5-12)9-31-13-6-16(21)29-8-14(13)32(18(31)28)10-19(22,23)24/h2-8,28H,9-10H2,1H3. The van der Waals surface area contributed by atoms with Gasteiger partial charge in [0.05, 0.1) is 36.6 Å². The van der Waals surface area contributed by atoms with Crippen LogP contribution in [0.15, 0.2) is 42.6 Å². The van der Waals surface area contributed by atoms with Crippen LogP contribution in [0, 0.1) is 5.41 Å². The van der Waals surface area contributed by atoms with E-state index in [9.17, 15) is 26.3 Å². The first kappa shape index (κ1) is 23.7. The highest BCUT2D eigenvalue weighted by molar-refractivity contribution is 6.29. The van der Waals surface area contributed by atoms with Crippen molar-refractivity contribution in [3.05, 3.63) is 64.6 Å². The number of halogens is 7. The maximum absolute atomic E-state index is 13.1. The second kappa shape index (κ2) is 8.38. The molecule has 0 saturated heterocycles. The summed E-state index contributed by atoms with van der Waals surface area (Å²) in [6.45, 7) is -1.37. The van der Waals surface area contributed by atoms with Gasteiger partial charge in [-0.1, -0.05) is 23.7 Å². The van der Waals surface area contributed by atoms with E-state index in [0.717, 1.165) is 15.3 Å². The Hall–Kier alpha value is -3.48. The number of benzene rings is 1. The summed E-state index contributed by atoms with van der Waals surface area (Å²) >= 11 is 5.92. The Balaban J connectivity index is 1.71. The number of rotatable bonds is 5. The molecule has 0 amide bonds. The summed E-state index contributed by atoms with van der Waals surface area (Å²) < 4.78 is 86.2. The van der Waals surface area contributed by atoms with Crippen molar-refractivity contribution >= 4 is 22.6 Å². The van der Waals surface area contributed by atoms with Crippen LogP contribution in [0.25, 0.3) is 16.7 Å². The molecule has 14 heteroatoms. The average molecular weight is 505 g/mol. The van der Waals surface area contributed by atoms with Crippen LogP contribution in [0.3, 0.4) is 0 Å². The zero-order chi connectivity index (χ0) is 24.8. The number of pyridine rings is 1. The van der Waals surface area contributed by atoms with Crippen molar-refractivity contribution in [1.82, 2.24) is 23.9 Å². The van der Waals surface area contributed by atoms with Gasteiger partial charge in [0, 0.05) is 12.1 Å². The van der Waals surface area contributed by atoms with Gasteiger partial charge in [0.15, 0.2) is 5.69 Å². The highest BCUT2D eigenvalue weighted by Gasteiger charge is 2.35. The van der Waals surface area contributed by atoms with Gasteiger partial charge in [0.2, 0.25) is 11.5 Å². The molecule has 0 aliphatic heterocycles. The summed E-state index contributed by atoms with van der Waals surface area (Å²) in [5.74, 6) is -0.125. The van der Waals surface area contributed by atoms with Crippen LogP contribution >= 0.6 is 11.6 Å². The lowest BCUT2D eigenvalue weighted by atomic mass is 10.2. The third-order valence-electron chi connectivity index (χ3n) is 4.96. The molecule has 34 heavy (non-hydrogen) atoms. The van der Waals surface area contributed by atoms with Crippen LogP contribution in [0.5, 0.6) is 5.88 Å². The molecule has 0 atom stereocenters.